The first kappa shape index (κ1) is 22.1. The van der Waals surface area contributed by atoms with Crippen LogP contribution < -0.4 is 16.7 Å². The van der Waals surface area contributed by atoms with Gasteiger partial charge in [0, 0.05) is 57.4 Å². The quantitative estimate of drug-likeness (QED) is 0.612. The number of rotatable bonds is 4. The third-order valence-corrected chi connectivity index (χ3v) is 5.82. The second kappa shape index (κ2) is 8.43. The molecule has 1 fully saturated rings. The minimum atomic E-state index is -0.0642. The lowest BCUT2D eigenvalue weighted by Gasteiger charge is -2.20. The molecule has 2 aromatic heterocycles. The summed E-state index contributed by atoms with van der Waals surface area (Å²) in [5.41, 5.74) is 11.1. The lowest BCUT2D eigenvalue weighted by molar-refractivity contribution is -0.120. The van der Waals surface area contributed by atoms with E-state index >= 15 is 0 Å². The molecule has 0 spiro atoms. The molecule has 3 aromatic rings. The van der Waals surface area contributed by atoms with Crippen LogP contribution in [0.25, 0.3) is 22.4 Å². The molecule has 170 valence electrons. The van der Waals surface area contributed by atoms with Gasteiger partial charge >= 0.3 is 5.69 Å². The zero-order valence-electron chi connectivity index (χ0n) is 19.3. The standard InChI is InChI=1S/C24H32N6O2/c1-24(2,3)15-30-20-8-7-19(27-22(20)28(4)23(30)32)17-13-16(5-6-18(17)25)14-29-11-9-21(31)26-10-12-29/h5-8,13H,9-12,14-15,25H2,1-4H3,(H,26,31). The summed E-state index contributed by atoms with van der Waals surface area (Å²) in [6.07, 6.45) is 0.514. The lowest BCUT2D eigenvalue weighted by Crippen LogP contribution is -2.28. The molecule has 8 nitrogen and oxygen atoms in total. The van der Waals surface area contributed by atoms with E-state index in [1.807, 2.05) is 24.3 Å². The summed E-state index contributed by atoms with van der Waals surface area (Å²) in [5, 5.41) is 2.91. The summed E-state index contributed by atoms with van der Waals surface area (Å²) in [7, 11) is 1.76. The van der Waals surface area contributed by atoms with E-state index in [1.54, 1.807) is 16.2 Å². The molecule has 4 rings (SSSR count). The Morgan fingerprint density at radius 1 is 1.12 bits per heavy atom. The van der Waals surface area contributed by atoms with E-state index < -0.39 is 0 Å². The molecule has 1 aliphatic rings. The van der Waals surface area contributed by atoms with E-state index in [0.29, 0.717) is 30.8 Å². The third-order valence-electron chi connectivity index (χ3n) is 5.82. The minimum absolute atomic E-state index is 0.0248. The number of hydrogen-bond acceptors (Lipinski definition) is 5. The van der Waals surface area contributed by atoms with Crippen LogP contribution in [0.2, 0.25) is 0 Å². The zero-order valence-corrected chi connectivity index (χ0v) is 19.3. The molecule has 0 bridgehead atoms. The molecule has 0 unspecified atom stereocenters. The van der Waals surface area contributed by atoms with E-state index in [2.05, 4.69) is 37.1 Å². The number of carbonyl (C=O) groups excluding carboxylic acids is 1. The van der Waals surface area contributed by atoms with Gasteiger partial charge in [-0.25, -0.2) is 9.78 Å². The first-order valence-electron chi connectivity index (χ1n) is 11.1. The summed E-state index contributed by atoms with van der Waals surface area (Å²) in [4.78, 5) is 31.5. The molecule has 1 aliphatic heterocycles. The molecule has 0 aliphatic carbocycles. The normalized spacial score (nSPS) is 15.7. The van der Waals surface area contributed by atoms with Crippen LogP contribution in [0.5, 0.6) is 0 Å². The smallest absolute Gasteiger partial charge is 0.330 e. The van der Waals surface area contributed by atoms with Crippen molar-refractivity contribution in [2.24, 2.45) is 12.5 Å². The van der Waals surface area contributed by atoms with Crippen molar-refractivity contribution in [2.75, 3.05) is 25.4 Å². The van der Waals surface area contributed by atoms with Gasteiger partial charge in [0.2, 0.25) is 5.91 Å². The van der Waals surface area contributed by atoms with Crippen LogP contribution in [-0.2, 0) is 24.9 Å². The highest BCUT2D eigenvalue weighted by Crippen LogP contribution is 2.28. The van der Waals surface area contributed by atoms with Gasteiger partial charge in [-0.2, -0.15) is 0 Å². The Kier molecular flexibility index (Phi) is 5.81. The highest BCUT2D eigenvalue weighted by atomic mass is 16.2. The number of aryl methyl sites for hydroxylation is 1. The second-order valence-electron chi connectivity index (χ2n) is 9.83. The zero-order chi connectivity index (χ0) is 23.0. The number of carbonyl (C=O) groups is 1. The van der Waals surface area contributed by atoms with E-state index in [0.717, 1.165) is 42.0 Å². The Labute approximate surface area is 188 Å². The van der Waals surface area contributed by atoms with Gasteiger partial charge in [-0.1, -0.05) is 26.8 Å². The Hall–Kier alpha value is -3.13. The minimum Gasteiger partial charge on any atom is -0.398 e. The van der Waals surface area contributed by atoms with Gasteiger partial charge in [-0.15, -0.1) is 0 Å². The number of nitrogens with two attached hydrogens (primary N) is 1. The number of hydrogen-bond donors (Lipinski definition) is 2. The van der Waals surface area contributed by atoms with Crippen molar-refractivity contribution in [1.82, 2.24) is 24.3 Å². The fourth-order valence-corrected chi connectivity index (χ4v) is 4.20. The molecule has 1 amide bonds. The number of anilines is 1. The summed E-state index contributed by atoms with van der Waals surface area (Å²) in [6, 6.07) is 9.89. The molecule has 3 heterocycles. The summed E-state index contributed by atoms with van der Waals surface area (Å²) in [5.74, 6) is 0.104. The highest BCUT2D eigenvalue weighted by Gasteiger charge is 2.20. The predicted octanol–water partition coefficient (Wildman–Crippen LogP) is 2.35. The Morgan fingerprint density at radius 3 is 2.66 bits per heavy atom. The molecule has 0 saturated carbocycles. The van der Waals surface area contributed by atoms with Gasteiger partial charge in [-0.05, 0) is 35.2 Å². The number of benzene rings is 1. The molecule has 32 heavy (non-hydrogen) atoms. The monoisotopic (exact) mass is 436 g/mol. The number of amides is 1. The number of fused-ring (bicyclic) bond motifs is 1. The van der Waals surface area contributed by atoms with Crippen molar-refractivity contribution in [1.29, 1.82) is 0 Å². The van der Waals surface area contributed by atoms with Crippen LogP contribution in [-0.4, -0.2) is 44.6 Å². The Balaban J connectivity index is 1.68. The van der Waals surface area contributed by atoms with Crippen LogP contribution in [0.15, 0.2) is 35.1 Å². The van der Waals surface area contributed by atoms with E-state index in [1.165, 1.54) is 0 Å². The van der Waals surface area contributed by atoms with Crippen molar-refractivity contribution in [3.05, 3.63) is 46.4 Å². The maximum absolute atomic E-state index is 12.8. The van der Waals surface area contributed by atoms with Crippen LogP contribution in [0.3, 0.4) is 0 Å². The van der Waals surface area contributed by atoms with Crippen LogP contribution in [0, 0.1) is 5.41 Å². The lowest BCUT2D eigenvalue weighted by atomic mass is 9.97. The largest absolute Gasteiger partial charge is 0.398 e. The average molecular weight is 437 g/mol. The van der Waals surface area contributed by atoms with E-state index in [9.17, 15) is 9.59 Å². The van der Waals surface area contributed by atoms with Gasteiger partial charge < -0.3 is 11.1 Å². The van der Waals surface area contributed by atoms with Gasteiger partial charge in [0.1, 0.15) is 0 Å². The van der Waals surface area contributed by atoms with Crippen molar-refractivity contribution in [3.8, 4) is 11.3 Å². The van der Waals surface area contributed by atoms with Gasteiger partial charge in [0.15, 0.2) is 5.65 Å². The van der Waals surface area contributed by atoms with Gasteiger partial charge in [-0.3, -0.25) is 18.8 Å². The Bertz CT molecular complexity index is 1220. The number of pyridine rings is 1. The van der Waals surface area contributed by atoms with Crippen molar-refractivity contribution in [2.45, 2.75) is 40.3 Å². The predicted molar refractivity (Wildman–Crippen MR) is 127 cm³/mol. The number of nitrogen functional groups attached to an aromatic ring is 1. The van der Waals surface area contributed by atoms with Crippen molar-refractivity contribution < 1.29 is 4.79 Å². The van der Waals surface area contributed by atoms with Crippen molar-refractivity contribution in [3.63, 3.8) is 0 Å². The first-order valence-corrected chi connectivity index (χ1v) is 11.1. The highest BCUT2D eigenvalue weighted by molar-refractivity contribution is 5.80. The first-order chi connectivity index (χ1) is 15.1. The van der Waals surface area contributed by atoms with Crippen LogP contribution in [0.1, 0.15) is 32.8 Å². The molecular formula is C24H32N6O2. The van der Waals surface area contributed by atoms with Gasteiger partial charge in [0.25, 0.3) is 0 Å². The molecule has 0 atom stereocenters. The average Bonchev–Trinajstić information content (AvgIpc) is 2.86. The topological polar surface area (TPSA) is 98.2 Å². The molecule has 1 aromatic carbocycles. The van der Waals surface area contributed by atoms with E-state index in [4.69, 9.17) is 10.7 Å². The number of aromatic nitrogens is 3. The summed E-state index contributed by atoms with van der Waals surface area (Å²) >= 11 is 0. The number of imidazole rings is 1. The number of nitrogens with one attached hydrogen (secondary N) is 1. The number of nitrogens with zero attached hydrogens (tertiary/aromatic N) is 4. The summed E-state index contributed by atoms with van der Waals surface area (Å²) < 4.78 is 3.40. The SMILES string of the molecule is Cn1c(=O)n(CC(C)(C)C)c2ccc(-c3cc(CN4CCNC(=O)CC4)ccc3N)nc21. The second-order valence-corrected chi connectivity index (χ2v) is 9.83. The van der Waals surface area contributed by atoms with Crippen molar-refractivity contribution >= 4 is 22.8 Å². The van der Waals surface area contributed by atoms with Gasteiger partial charge in [0.05, 0.1) is 11.2 Å². The molecule has 1 saturated heterocycles. The van der Waals surface area contributed by atoms with Crippen LogP contribution in [0.4, 0.5) is 5.69 Å². The summed E-state index contributed by atoms with van der Waals surface area (Å²) in [6.45, 7) is 9.92. The van der Waals surface area contributed by atoms with E-state index in [-0.39, 0.29) is 17.0 Å². The van der Waals surface area contributed by atoms with Crippen LogP contribution >= 0.6 is 0 Å². The maximum Gasteiger partial charge on any atom is 0.330 e. The molecule has 3 N–H and O–H groups in total. The Morgan fingerprint density at radius 2 is 1.91 bits per heavy atom. The molecular weight excluding hydrogens is 404 g/mol. The maximum atomic E-state index is 12.8. The fourth-order valence-electron chi connectivity index (χ4n) is 4.20. The third kappa shape index (κ3) is 4.55. The molecule has 0 radical (unpaired) electrons. The fraction of sp³-hybridized carbons (Fsp3) is 0.458. The molecule has 8 heteroatoms.